The second-order valence-electron chi connectivity index (χ2n) is 11.6. The van der Waals surface area contributed by atoms with Gasteiger partial charge in [-0.15, -0.1) is 0 Å². The van der Waals surface area contributed by atoms with Gasteiger partial charge in [0, 0.05) is 18.6 Å². The number of aliphatic carboxylic acids is 1. The smallest absolute Gasteiger partial charge is 0.303 e. The molecule has 0 amide bonds. The van der Waals surface area contributed by atoms with Gasteiger partial charge in [-0.25, -0.2) is 4.39 Å². The highest BCUT2D eigenvalue weighted by Gasteiger charge is 2.36. The van der Waals surface area contributed by atoms with E-state index >= 15 is 0 Å². The summed E-state index contributed by atoms with van der Waals surface area (Å²) in [5, 5.41) is 8.95. The molecular weight excluding hydrogens is 507 g/mol. The second-order valence-corrected chi connectivity index (χ2v) is 11.6. The van der Waals surface area contributed by atoms with Gasteiger partial charge in [0.15, 0.2) is 0 Å². The van der Waals surface area contributed by atoms with Crippen LogP contribution in [0.5, 0.6) is 11.5 Å². The molecule has 1 heterocycles. The molecule has 3 aromatic carbocycles. The number of hydrogen-bond acceptors (Lipinski definition) is 4. The number of carboxylic acids is 1. The highest BCUT2D eigenvalue weighted by molar-refractivity contribution is 5.70. The molecule has 1 N–H and O–H groups in total. The molecule has 40 heavy (non-hydrogen) atoms. The average Bonchev–Trinajstić information content (AvgIpc) is 3.73. The van der Waals surface area contributed by atoms with Gasteiger partial charge in [0.1, 0.15) is 23.9 Å². The SMILES string of the molecule is CC1CC1.COc1ccc(F)c(-c2ccc(COc3cccc(CCC(=O)O)c3)cc2C2OCCCC2(C)C)c1. The fraction of sp³-hybridized carbons (Fsp3) is 0.441. The first-order valence-electron chi connectivity index (χ1n) is 14.2. The quantitative estimate of drug-likeness (QED) is 0.291. The summed E-state index contributed by atoms with van der Waals surface area (Å²) in [6, 6.07) is 18.2. The summed E-state index contributed by atoms with van der Waals surface area (Å²) in [5.41, 5.74) is 3.94. The first kappa shape index (κ1) is 29.6. The monoisotopic (exact) mass is 548 g/mol. The number of hydrogen-bond donors (Lipinski definition) is 1. The Bertz CT molecular complexity index is 1300. The molecule has 0 spiro atoms. The van der Waals surface area contributed by atoms with Crippen LogP contribution in [0.15, 0.2) is 60.7 Å². The lowest BCUT2D eigenvalue weighted by atomic mass is 9.75. The number of carbonyl (C=O) groups is 1. The summed E-state index contributed by atoms with van der Waals surface area (Å²) in [6.07, 6.45) is 5.32. The van der Waals surface area contributed by atoms with Crippen LogP contribution in [0.25, 0.3) is 11.1 Å². The molecular formula is C34H41FO5. The number of carboxylic acid groups (broad SMARTS) is 1. The molecule has 214 valence electrons. The van der Waals surface area contributed by atoms with E-state index in [-0.39, 0.29) is 23.8 Å². The van der Waals surface area contributed by atoms with Crippen molar-refractivity contribution < 1.29 is 28.5 Å². The Morgan fingerprint density at radius 3 is 2.48 bits per heavy atom. The molecule has 0 radical (unpaired) electrons. The molecule has 5 rings (SSSR count). The van der Waals surface area contributed by atoms with Gasteiger partial charge in [0.2, 0.25) is 0 Å². The van der Waals surface area contributed by atoms with E-state index in [0.29, 0.717) is 36.7 Å². The van der Waals surface area contributed by atoms with Crippen molar-refractivity contribution in [2.75, 3.05) is 13.7 Å². The van der Waals surface area contributed by atoms with Crippen molar-refractivity contribution in [3.8, 4) is 22.6 Å². The maximum absolute atomic E-state index is 15.0. The van der Waals surface area contributed by atoms with Crippen molar-refractivity contribution in [1.82, 2.24) is 0 Å². The van der Waals surface area contributed by atoms with Gasteiger partial charge < -0.3 is 19.3 Å². The normalized spacial score (nSPS) is 17.9. The fourth-order valence-electron chi connectivity index (χ4n) is 4.97. The minimum atomic E-state index is -0.825. The number of halogens is 1. The molecule has 6 heteroatoms. The number of aryl methyl sites for hydroxylation is 1. The maximum Gasteiger partial charge on any atom is 0.303 e. The molecule has 1 saturated heterocycles. The van der Waals surface area contributed by atoms with Crippen molar-refractivity contribution in [1.29, 1.82) is 0 Å². The van der Waals surface area contributed by atoms with E-state index in [0.717, 1.165) is 41.0 Å². The van der Waals surface area contributed by atoms with Crippen molar-refractivity contribution in [3.63, 3.8) is 0 Å². The van der Waals surface area contributed by atoms with Gasteiger partial charge in [-0.3, -0.25) is 4.79 Å². The highest BCUT2D eigenvalue weighted by Crippen LogP contribution is 2.47. The van der Waals surface area contributed by atoms with Crippen molar-refractivity contribution >= 4 is 5.97 Å². The molecule has 2 aliphatic rings. The van der Waals surface area contributed by atoms with E-state index in [2.05, 4.69) is 26.8 Å². The zero-order chi connectivity index (χ0) is 28.7. The van der Waals surface area contributed by atoms with Crippen LogP contribution in [0, 0.1) is 17.2 Å². The minimum Gasteiger partial charge on any atom is -0.497 e. The number of ether oxygens (including phenoxy) is 3. The summed E-state index contributed by atoms with van der Waals surface area (Å²) in [6.45, 7) is 7.64. The zero-order valence-electron chi connectivity index (χ0n) is 24.0. The van der Waals surface area contributed by atoms with Crippen molar-refractivity contribution in [2.24, 2.45) is 11.3 Å². The number of methoxy groups -OCH3 is 1. The molecule has 1 atom stereocenters. The Morgan fingerprint density at radius 1 is 1.02 bits per heavy atom. The van der Waals surface area contributed by atoms with Gasteiger partial charge in [-0.05, 0) is 89.2 Å². The topological polar surface area (TPSA) is 65.0 Å². The number of benzene rings is 3. The minimum absolute atomic E-state index is 0.0757. The molecule has 1 saturated carbocycles. The van der Waals surface area contributed by atoms with Crippen molar-refractivity contribution in [2.45, 2.75) is 72.0 Å². The van der Waals surface area contributed by atoms with Gasteiger partial charge in [-0.1, -0.05) is 57.9 Å². The van der Waals surface area contributed by atoms with Crippen molar-refractivity contribution in [3.05, 3.63) is 83.2 Å². The third-order valence-electron chi connectivity index (χ3n) is 7.62. The predicted molar refractivity (Wildman–Crippen MR) is 155 cm³/mol. The van der Waals surface area contributed by atoms with Crippen LogP contribution in [-0.2, 0) is 22.6 Å². The van der Waals surface area contributed by atoms with Crippen LogP contribution in [0.3, 0.4) is 0 Å². The van der Waals surface area contributed by atoms with E-state index in [4.69, 9.17) is 19.3 Å². The van der Waals surface area contributed by atoms with Crippen LogP contribution in [0.2, 0.25) is 0 Å². The molecule has 5 nitrogen and oxygen atoms in total. The van der Waals surface area contributed by atoms with E-state index < -0.39 is 5.97 Å². The van der Waals surface area contributed by atoms with Gasteiger partial charge in [0.05, 0.1) is 13.2 Å². The Balaban J connectivity index is 0.000000848. The van der Waals surface area contributed by atoms with Gasteiger partial charge in [0.25, 0.3) is 0 Å². The summed E-state index contributed by atoms with van der Waals surface area (Å²) in [7, 11) is 1.57. The fourth-order valence-corrected chi connectivity index (χ4v) is 4.97. The summed E-state index contributed by atoms with van der Waals surface area (Å²) >= 11 is 0. The Kier molecular flexibility index (Phi) is 9.85. The first-order chi connectivity index (χ1) is 19.2. The molecule has 1 aliphatic heterocycles. The average molecular weight is 549 g/mol. The van der Waals surface area contributed by atoms with Gasteiger partial charge >= 0.3 is 5.97 Å². The summed E-state index contributed by atoms with van der Waals surface area (Å²) in [5.74, 6) is 1.22. The van der Waals surface area contributed by atoms with E-state index in [9.17, 15) is 9.18 Å². The third-order valence-corrected chi connectivity index (χ3v) is 7.62. The molecule has 0 bridgehead atoms. The third kappa shape index (κ3) is 8.07. The lowest BCUT2D eigenvalue weighted by Gasteiger charge is -2.39. The zero-order valence-corrected chi connectivity index (χ0v) is 24.0. The van der Waals surface area contributed by atoms with E-state index in [1.165, 1.54) is 18.9 Å². The molecule has 3 aromatic rings. The van der Waals surface area contributed by atoms with Crippen LogP contribution < -0.4 is 9.47 Å². The van der Waals surface area contributed by atoms with Crippen LogP contribution in [0.1, 0.15) is 75.7 Å². The molecule has 1 aliphatic carbocycles. The highest BCUT2D eigenvalue weighted by atomic mass is 19.1. The maximum atomic E-state index is 15.0. The predicted octanol–water partition coefficient (Wildman–Crippen LogP) is 8.39. The second kappa shape index (κ2) is 13.3. The Morgan fingerprint density at radius 2 is 1.80 bits per heavy atom. The molecule has 0 aromatic heterocycles. The van der Waals surface area contributed by atoms with E-state index in [1.807, 2.05) is 36.4 Å². The van der Waals surface area contributed by atoms with Crippen LogP contribution in [0.4, 0.5) is 4.39 Å². The molecule has 1 unspecified atom stereocenters. The Labute approximate surface area is 237 Å². The largest absolute Gasteiger partial charge is 0.497 e. The van der Waals surface area contributed by atoms with Crippen LogP contribution in [-0.4, -0.2) is 24.8 Å². The Hall–Kier alpha value is -3.38. The lowest BCUT2D eigenvalue weighted by Crippen LogP contribution is -2.30. The summed E-state index contributed by atoms with van der Waals surface area (Å²) < 4.78 is 32.7. The van der Waals surface area contributed by atoms with Gasteiger partial charge in [-0.2, -0.15) is 0 Å². The standard InChI is InChI=1S/C30H33FO5.C4H8/c1-30(2)14-5-15-35-29(30)26-17-21(8-11-24(26)25-18-22(34-3)10-12-27(25)31)19-36-23-7-4-6-20(16-23)9-13-28(32)33;1-4-2-3-4/h4,6-8,10-12,16-18,29H,5,9,13-15,19H2,1-3H3,(H,32,33);4H,2-3H2,1H3. The number of rotatable bonds is 9. The molecule has 2 fully saturated rings. The van der Waals surface area contributed by atoms with Crippen LogP contribution >= 0.6 is 0 Å². The first-order valence-corrected chi connectivity index (χ1v) is 14.2. The summed E-state index contributed by atoms with van der Waals surface area (Å²) in [4.78, 5) is 10.9. The van der Waals surface area contributed by atoms with E-state index in [1.54, 1.807) is 19.2 Å². The lowest BCUT2D eigenvalue weighted by molar-refractivity contribution is -0.136.